The number of nitrogens with one attached hydrogen (secondary N) is 2. The Morgan fingerprint density at radius 2 is 1.97 bits per heavy atom. The second kappa shape index (κ2) is 9.09. The van der Waals surface area contributed by atoms with E-state index in [-0.39, 0.29) is 18.2 Å². The molecule has 0 unspecified atom stereocenters. The highest BCUT2D eigenvalue weighted by Crippen LogP contribution is 2.20. The molecule has 3 aromatic rings. The van der Waals surface area contributed by atoms with Crippen LogP contribution in [-0.4, -0.2) is 22.8 Å². The molecule has 154 valence electrons. The van der Waals surface area contributed by atoms with E-state index in [2.05, 4.69) is 15.6 Å². The van der Waals surface area contributed by atoms with Crippen molar-refractivity contribution in [2.45, 2.75) is 38.8 Å². The minimum absolute atomic E-state index is 0.105. The van der Waals surface area contributed by atoms with Gasteiger partial charge < -0.3 is 15.4 Å². The predicted molar refractivity (Wildman–Crippen MR) is 117 cm³/mol. The number of hydrogen-bond donors (Lipinski definition) is 2. The van der Waals surface area contributed by atoms with Gasteiger partial charge in [-0.15, -0.1) is 11.3 Å². The van der Waals surface area contributed by atoms with E-state index in [0.717, 1.165) is 23.6 Å². The van der Waals surface area contributed by atoms with Crippen LogP contribution < -0.4 is 15.4 Å². The standard InChI is InChI=1S/C23H23N3O3S/c1-15-5-9-20(10-6-15)29-13-22-25-19(14-30-22)12-21(27)24-18-4-2-3-16(11-18)23(28)26-17-7-8-17/h2-6,9-11,14,17H,7-8,12-13H2,1H3,(H,24,27)(H,26,28). The summed E-state index contributed by atoms with van der Waals surface area (Å²) in [6.45, 7) is 2.40. The quantitative estimate of drug-likeness (QED) is 0.574. The molecular weight excluding hydrogens is 398 g/mol. The zero-order valence-corrected chi connectivity index (χ0v) is 17.5. The number of rotatable bonds is 8. The summed E-state index contributed by atoms with van der Waals surface area (Å²) in [6, 6.07) is 15.1. The van der Waals surface area contributed by atoms with Gasteiger partial charge in [0.05, 0.1) is 12.1 Å². The third-order valence-electron chi connectivity index (χ3n) is 4.65. The third kappa shape index (κ3) is 5.67. The normalized spacial score (nSPS) is 13.0. The second-order valence-electron chi connectivity index (χ2n) is 7.39. The first-order valence-electron chi connectivity index (χ1n) is 9.89. The summed E-state index contributed by atoms with van der Waals surface area (Å²) in [4.78, 5) is 29.0. The lowest BCUT2D eigenvalue weighted by molar-refractivity contribution is -0.115. The predicted octanol–water partition coefficient (Wildman–Crippen LogP) is 4.10. The second-order valence-corrected chi connectivity index (χ2v) is 8.33. The summed E-state index contributed by atoms with van der Waals surface area (Å²) < 4.78 is 5.74. The van der Waals surface area contributed by atoms with Crippen LogP contribution in [0.2, 0.25) is 0 Å². The van der Waals surface area contributed by atoms with Crippen molar-refractivity contribution in [3.8, 4) is 5.75 Å². The van der Waals surface area contributed by atoms with Crippen LogP contribution in [0.4, 0.5) is 5.69 Å². The molecule has 1 saturated carbocycles. The van der Waals surface area contributed by atoms with Crippen LogP contribution in [0.5, 0.6) is 5.75 Å². The first-order chi connectivity index (χ1) is 14.5. The van der Waals surface area contributed by atoms with Crippen molar-refractivity contribution in [2.24, 2.45) is 0 Å². The maximum atomic E-state index is 12.4. The number of amides is 2. The number of anilines is 1. The number of hydrogen-bond acceptors (Lipinski definition) is 5. The molecule has 0 bridgehead atoms. The maximum Gasteiger partial charge on any atom is 0.251 e. The maximum absolute atomic E-state index is 12.4. The van der Waals surface area contributed by atoms with Gasteiger partial charge in [-0.25, -0.2) is 4.98 Å². The number of carbonyl (C=O) groups is 2. The summed E-state index contributed by atoms with van der Waals surface area (Å²) in [5.74, 6) is 0.512. The van der Waals surface area contributed by atoms with Crippen LogP contribution in [-0.2, 0) is 17.8 Å². The molecule has 0 saturated heterocycles. The average Bonchev–Trinajstić information content (AvgIpc) is 3.44. The molecule has 6 nitrogen and oxygen atoms in total. The number of thiazole rings is 1. The summed E-state index contributed by atoms with van der Waals surface area (Å²) >= 11 is 1.47. The van der Waals surface area contributed by atoms with E-state index in [9.17, 15) is 9.59 Å². The molecule has 2 N–H and O–H groups in total. The average molecular weight is 422 g/mol. The van der Waals surface area contributed by atoms with Gasteiger partial charge in [-0.3, -0.25) is 9.59 Å². The summed E-state index contributed by atoms with van der Waals surface area (Å²) in [5.41, 5.74) is 3.02. The van der Waals surface area contributed by atoms with Crippen molar-refractivity contribution < 1.29 is 14.3 Å². The van der Waals surface area contributed by atoms with Crippen LogP contribution in [0.25, 0.3) is 0 Å². The van der Waals surface area contributed by atoms with Crippen molar-refractivity contribution in [1.82, 2.24) is 10.3 Å². The number of aromatic nitrogens is 1. The van der Waals surface area contributed by atoms with E-state index < -0.39 is 0 Å². The SMILES string of the molecule is Cc1ccc(OCc2nc(CC(=O)Nc3cccc(C(=O)NC4CC4)c3)cs2)cc1. The Labute approximate surface area is 179 Å². The lowest BCUT2D eigenvalue weighted by atomic mass is 10.2. The van der Waals surface area contributed by atoms with Gasteiger partial charge in [-0.05, 0) is 50.1 Å². The molecule has 0 radical (unpaired) electrons. The Balaban J connectivity index is 1.29. The van der Waals surface area contributed by atoms with Gasteiger partial charge in [0.1, 0.15) is 17.4 Å². The molecule has 30 heavy (non-hydrogen) atoms. The summed E-state index contributed by atoms with van der Waals surface area (Å²) in [6.07, 6.45) is 2.24. The van der Waals surface area contributed by atoms with Gasteiger partial charge in [0.25, 0.3) is 5.91 Å². The minimum Gasteiger partial charge on any atom is -0.486 e. The van der Waals surface area contributed by atoms with Crippen LogP contribution >= 0.6 is 11.3 Å². The van der Waals surface area contributed by atoms with Crippen molar-refractivity contribution in [3.63, 3.8) is 0 Å². The Bertz CT molecular complexity index is 1040. The molecule has 4 rings (SSSR count). The molecule has 7 heteroatoms. The highest BCUT2D eigenvalue weighted by atomic mass is 32.1. The first kappa shape index (κ1) is 20.1. The van der Waals surface area contributed by atoms with E-state index in [0.29, 0.717) is 29.6 Å². The van der Waals surface area contributed by atoms with Gasteiger partial charge in [0.2, 0.25) is 5.91 Å². The van der Waals surface area contributed by atoms with E-state index in [1.54, 1.807) is 24.3 Å². The van der Waals surface area contributed by atoms with Crippen LogP contribution in [0.1, 0.15) is 39.5 Å². The molecule has 2 aromatic carbocycles. The van der Waals surface area contributed by atoms with Crippen molar-refractivity contribution in [1.29, 1.82) is 0 Å². The van der Waals surface area contributed by atoms with Gasteiger partial charge in [-0.1, -0.05) is 23.8 Å². The summed E-state index contributed by atoms with van der Waals surface area (Å²) in [7, 11) is 0. The van der Waals surface area contributed by atoms with E-state index in [1.807, 2.05) is 36.6 Å². The molecule has 0 spiro atoms. The minimum atomic E-state index is -0.175. The molecular formula is C23H23N3O3S. The third-order valence-corrected chi connectivity index (χ3v) is 5.52. The molecule has 0 atom stereocenters. The molecule has 1 aliphatic carbocycles. The fourth-order valence-electron chi connectivity index (χ4n) is 2.88. The van der Waals surface area contributed by atoms with Crippen molar-refractivity contribution >= 4 is 28.8 Å². The molecule has 1 heterocycles. The Hall–Kier alpha value is -3.19. The lowest BCUT2D eigenvalue weighted by Gasteiger charge is -2.07. The molecule has 2 amide bonds. The van der Waals surface area contributed by atoms with Gasteiger partial charge in [0.15, 0.2) is 0 Å². The monoisotopic (exact) mass is 421 g/mol. The molecule has 1 fully saturated rings. The van der Waals surface area contributed by atoms with E-state index in [4.69, 9.17) is 4.74 Å². The van der Waals surface area contributed by atoms with Crippen LogP contribution in [0.15, 0.2) is 53.9 Å². The largest absolute Gasteiger partial charge is 0.486 e. The van der Waals surface area contributed by atoms with E-state index >= 15 is 0 Å². The highest BCUT2D eigenvalue weighted by Gasteiger charge is 2.23. The zero-order valence-electron chi connectivity index (χ0n) is 16.7. The van der Waals surface area contributed by atoms with Crippen molar-refractivity contribution in [2.75, 3.05) is 5.32 Å². The number of carbonyl (C=O) groups excluding carboxylic acids is 2. The molecule has 1 aliphatic rings. The lowest BCUT2D eigenvalue weighted by Crippen LogP contribution is -2.25. The number of aryl methyl sites for hydroxylation is 1. The number of ether oxygens (including phenoxy) is 1. The Kier molecular flexibility index (Phi) is 6.09. The van der Waals surface area contributed by atoms with E-state index in [1.165, 1.54) is 16.9 Å². The smallest absolute Gasteiger partial charge is 0.251 e. The Morgan fingerprint density at radius 1 is 1.17 bits per heavy atom. The highest BCUT2D eigenvalue weighted by molar-refractivity contribution is 7.09. The fourth-order valence-corrected chi connectivity index (χ4v) is 3.59. The number of nitrogens with zero attached hydrogens (tertiary/aromatic N) is 1. The zero-order chi connectivity index (χ0) is 20.9. The van der Waals surface area contributed by atoms with Crippen molar-refractivity contribution in [3.05, 3.63) is 75.7 Å². The van der Waals surface area contributed by atoms with Gasteiger partial charge in [-0.2, -0.15) is 0 Å². The topological polar surface area (TPSA) is 80.3 Å². The molecule has 0 aliphatic heterocycles. The van der Waals surface area contributed by atoms with Crippen LogP contribution in [0.3, 0.4) is 0 Å². The van der Waals surface area contributed by atoms with Gasteiger partial charge >= 0.3 is 0 Å². The molecule has 1 aromatic heterocycles. The number of benzene rings is 2. The Morgan fingerprint density at radius 3 is 2.73 bits per heavy atom. The summed E-state index contributed by atoms with van der Waals surface area (Å²) in [5, 5.41) is 8.47. The first-order valence-corrected chi connectivity index (χ1v) is 10.8. The van der Waals surface area contributed by atoms with Crippen LogP contribution in [0, 0.1) is 6.92 Å². The fraction of sp³-hybridized carbons (Fsp3) is 0.261. The van der Waals surface area contributed by atoms with Gasteiger partial charge in [0, 0.05) is 22.7 Å².